The average Bonchev–Trinajstić information content (AvgIpc) is 3.30. The van der Waals surface area contributed by atoms with E-state index in [9.17, 15) is 9.59 Å². The van der Waals surface area contributed by atoms with E-state index in [1.165, 1.54) is 15.6 Å². The summed E-state index contributed by atoms with van der Waals surface area (Å²) in [5, 5.41) is 17.8. The van der Waals surface area contributed by atoms with E-state index in [0.29, 0.717) is 17.9 Å². The minimum absolute atomic E-state index is 0.256. The molecule has 0 saturated heterocycles. The smallest absolute Gasteiger partial charge is 0.276 e. The van der Waals surface area contributed by atoms with Crippen LogP contribution in [0.2, 0.25) is 0 Å². The Kier molecular flexibility index (Phi) is 4.57. The topological polar surface area (TPSA) is 112 Å². The molecule has 3 aromatic rings. The monoisotopic (exact) mass is 356 g/mol. The fourth-order valence-electron chi connectivity index (χ4n) is 2.48. The average molecular weight is 356 g/mol. The Morgan fingerprint density at radius 1 is 1.08 bits per heavy atom. The summed E-state index contributed by atoms with van der Waals surface area (Å²) in [6.07, 6.45) is 4.70. The van der Waals surface area contributed by atoms with Crippen LogP contribution in [0.3, 0.4) is 0 Å². The largest absolute Gasteiger partial charge is 0.318 e. The maximum atomic E-state index is 12.8. The second-order valence-electron chi connectivity index (χ2n) is 5.77. The third-order valence-electron chi connectivity index (χ3n) is 4.03. The van der Waals surface area contributed by atoms with E-state index in [4.69, 9.17) is 0 Å². The zero-order chi connectivity index (χ0) is 18.8. The second-order valence-corrected chi connectivity index (χ2v) is 5.77. The molecule has 2 amide bonds. The Bertz CT molecular complexity index is 965. The van der Waals surface area contributed by atoms with E-state index in [1.807, 2.05) is 13.8 Å². The van der Waals surface area contributed by atoms with Gasteiger partial charge in [-0.15, -0.1) is 0 Å². The zero-order valence-corrected chi connectivity index (χ0v) is 15.0. The number of anilines is 2. The molecule has 0 radical (unpaired) electrons. The lowest BCUT2D eigenvalue weighted by molar-refractivity contribution is 0.101. The standard InChI is InChI=1S/C16H20N8O2/c1-5-24-14(16(26)19-12-8-17-23(4)10(12)2)13(9-18-24)20-15(25)11-6-7-22(3)21-11/h6-9H,5H2,1-4H3,(H,19,26)(H,20,25). The number of rotatable bonds is 5. The van der Waals surface area contributed by atoms with Crippen LogP contribution in [0, 0.1) is 6.92 Å². The van der Waals surface area contributed by atoms with Crippen LogP contribution in [-0.4, -0.2) is 41.2 Å². The van der Waals surface area contributed by atoms with Crippen molar-refractivity contribution in [1.82, 2.24) is 29.3 Å². The van der Waals surface area contributed by atoms with Crippen molar-refractivity contribution in [2.24, 2.45) is 14.1 Å². The van der Waals surface area contributed by atoms with Gasteiger partial charge in [-0.3, -0.25) is 23.6 Å². The van der Waals surface area contributed by atoms with Crippen LogP contribution < -0.4 is 10.6 Å². The summed E-state index contributed by atoms with van der Waals surface area (Å²) in [6, 6.07) is 1.60. The Morgan fingerprint density at radius 3 is 2.35 bits per heavy atom. The van der Waals surface area contributed by atoms with Crippen molar-refractivity contribution in [2.45, 2.75) is 20.4 Å². The van der Waals surface area contributed by atoms with E-state index in [1.54, 1.807) is 37.2 Å². The quantitative estimate of drug-likeness (QED) is 0.713. The molecule has 3 aromatic heterocycles. The van der Waals surface area contributed by atoms with Crippen LogP contribution in [0.25, 0.3) is 0 Å². The SMILES string of the molecule is CCn1ncc(NC(=O)c2ccn(C)n2)c1C(=O)Nc1cnn(C)c1C. The molecule has 0 unspecified atom stereocenters. The van der Waals surface area contributed by atoms with Gasteiger partial charge in [-0.1, -0.05) is 0 Å². The Labute approximate surface area is 149 Å². The third-order valence-corrected chi connectivity index (χ3v) is 4.03. The molecule has 3 rings (SSSR count). The highest BCUT2D eigenvalue weighted by Gasteiger charge is 2.22. The maximum Gasteiger partial charge on any atom is 0.276 e. The highest BCUT2D eigenvalue weighted by atomic mass is 16.2. The van der Waals surface area contributed by atoms with Gasteiger partial charge in [0.1, 0.15) is 5.69 Å². The molecule has 0 saturated carbocycles. The normalized spacial score (nSPS) is 10.8. The molecule has 0 spiro atoms. The van der Waals surface area contributed by atoms with Gasteiger partial charge in [-0.2, -0.15) is 15.3 Å². The first-order valence-electron chi connectivity index (χ1n) is 8.07. The molecule has 0 atom stereocenters. The lowest BCUT2D eigenvalue weighted by atomic mass is 10.3. The fraction of sp³-hybridized carbons (Fsp3) is 0.312. The molecule has 2 N–H and O–H groups in total. The van der Waals surface area contributed by atoms with Crippen LogP contribution in [0.4, 0.5) is 11.4 Å². The molecule has 0 aliphatic heterocycles. The summed E-state index contributed by atoms with van der Waals surface area (Å²) >= 11 is 0. The van der Waals surface area contributed by atoms with E-state index < -0.39 is 5.91 Å². The zero-order valence-electron chi connectivity index (χ0n) is 15.0. The summed E-state index contributed by atoms with van der Waals surface area (Å²) < 4.78 is 4.72. The highest BCUT2D eigenvalue weighted by molar-refractivity contribution is 6.11. The number of amides is 2. The van der Waals surface area contributed by atoms with Gasteiger partial charge in [0.05, 0.1) is 29.5 Å². The van der Waals surface area contributed by atoms with E-state index in [-0.39, 0.29) is 17.3 Å². The van der Waals surface area contributed by atoms with Gasteiger partial charge in [0.25, 0.3) is 11.8 Å². The van der Waals surface area contributed by atoms with Gasteiger partial charge in [0, 0.05) is 26.8 Å². The molecule has 0 aliphatic carbocycles. The van der Waals surface area contributed by atoms with Crippen LogP contribution in [-0.2, 0) is 20.6 Å². The number of aromatic nitrogens is 6. The van der Waals surface area contributed by atoms with Gasteiger partial charge in [-0.25, -0.2) is 0 Å². The van der Waals surface area contributed by atoms with Crippen molar-refractivity contribution in [1.29, 1.82) is 0 Å². The fourth-order valence-corrected chi connectivity index (χ4v) is 2.48. The van der Waals surface area contributed by atoms with Crippen LogP contribution in [0.5, 0.6) is 0 Å². The van der Waals surface area contributed by atoms with Gasteiger partial charge in [0.2, 0.25) is 0 Å². The Balaban J connectivity index is 1.86. The highest BCUT2D eigenvalue weighted by Crippen LogP contribution is 2.20. The maximum absolute atomic E-state index is 12.8. The predicted octanol–water partition coefficient (Wildman–Crippen LogP) is 1.18. The van der Waals surface area contributed by atoms with Crippen molar-refractivity contribution in [3.05, 3.63) is 41.7 Å². The molecule has 10 heteroatoms. The first-order valence-corrected chi connectivity index (χ1v) is 8.07. The van der Waals surface area contributed by atoms with Crippen molar-refractivity contribution in [3.8, 4) is 0 Å². The molecule has 0 fully saturated rings. The summed E-state index contributed by atoms with van der Waals surface area (Å²) in [4.78, 5) is 25.1. The van der Waals surface area contributed by atoms with E-state index >= 15 is 0 Å². The van der Waals surface area contributed by atoms with Gasteiger partial charge in [-0.05, 0) is 19.9 Å². The van der Waals surface area contributed by atoms with Crippen LogP contribution in [0.1, 0.15) is 33.6 Å². The van der Waals surface area contributed by atoms with E-state index in [2.05, 4.69) is 25.9 Å². The van der Waals surface area contributed by atoms with Crippen molar-refractivity contribution in [3.63, 3.8) is 0 Å². The molecule has 3 heterocycles. The molecular formula is C16H20N8O2. The Hall–Kier alpha value is -3.43. The minimum atomic E-state index is -0.409. The lowest BCUT2D eigenvalue weighted by Gasteiger charge is -2.09. The number of nitrogens with one attached hydrogen (secondary N) is 2. The predicted molar refractivity (Wildman–Crippen MR) is 95.0 cm³/mol. The summed E-state index contributed by atoms with van der Waals surface area (Å²) in [7, 11) is 3.51. The number of hydrogen-bond acceptors (Lipinski definition) is 5. The van der Waals surface area contributed by atoms with E-state index in [0.717, 1.165) is 5.69 Å². The van der Waals surface area contributed by atoms with Crippen molar-refractivity contribution >= 4 is 23.2 Å². The molecule has 0 bridgehead atoms. The first kappa shape index (κ1) is 17.4. The van der Waals surface area contributed by atoms with Crippen LogP contribution in [0.15, 0.2) is 24.7 Å². The van der Waals surface area contributed by atoms with Crippen LogP contribution >= 0.6 is 0 Å². The second kappa shape index (κ2) is 6.82. The number of aryl methyl sites for hydroxylation is 3. The number of carbonyl (C=O) groups is 2. The molecule has 10 nitrogen and oxygen atoms in total. The summed E-state index contributed by atoms with van der Waals surface area (Å²) in [5.74, 6) is -0.787. The van der Waals surface area contributed by atoms with Crippen molar-refractivity contribution < 1.29 is 9.59 Å². The minimum Gasteiger partial charge on any atom is -0.318 e. The molecule has 0 aromatic carbocycles. The number of carbonyl (C=O) groups excluding carboxylic acids is 2. The number of hydrogen-bond donors (Lipinski definition) is 2. The van der Waals surface area contributed by atoms with Gasteiger partial charge < -0.3 is 10.6 Å². The third kappa shape index (κ3) is 3.21. The summed E-state index contributed by atoms with van der Waals surface area (Å²) in [6.45, 7) is 4.20. The van der Waals surface area contributed by atoms with Gasteiger partial charge in [0.15, 0.2) is 5.69 Å². The Morgan fingerprint density at radius 2 is 1.77 bits per heavy atom. The van der Waals surface area contributed by atoms with Crippen molar-refractivity contribution in [2.75, 3.05) is 10.6 Å². The number of nitrogens with zero attached hydrogens (tertiary/aromatic N) is 6. The molecule has 136 valence electrons. The summed E-state index contributed by atoms with van der Waals surface area (Å²) in [5.41, 5.74) is 2.26. The first-order chi connectivity index (χ1) is 12.4. The van der Waals surface area contributed by atoms with Gasteiger partial charge >= 0.3 is 0 Å². The molecule has 26 heavy (non-hydrogen) atoms. The molecule has 0 aliphatic rings. The lowest BCUT2D eigenvalue weighted by Crippen LogP contribution is -2.21. The molecular weight excluding hydrogens is 336 g/mol.